The minimum atomic E-state index is -0.510. The molecule has 0 aliphatic carbocycles. The van der Waals surface area contributed by atoms with Crippen LogP contribution in [0.25, 0.3) is 0 Å². The number of carbonyl (C=O) groups excluding carboxylic acids is 2. The van der Waals surface area contributed by atoms with Crippen molar-refractivity contribution in [1.82, 2.24) is 20.1 Å². The normalized spacial score (nSPS) is 10.6. The molecule has 0 aliphatic rings. The molecule has 1 aromatic carbocycles. The Morgan fingerprint density at radius 1 is 1.14 bits per heavy atom. The van der Waals surface area contributed by atoms with E-state index < -0.39 is 5.91 Å². The SMILES string of the molecule is Cc1cc(N)nc(C)c1CN(Cc1cccc(C(N)=O)c1)C(=O)c1cn[nH]c1. The minimum absolute atomic E-state index is 0.186. The number of nitrogen functional groups attached to an aromatic ring is 1. The van der Waals surface area contributed by atoms with Crippen LogP contribution in [0.3, 0.4) is 0 Å². The van der Waals surface area contributed by atoms with Crippen molar-refractivity contribution in [3.63, 3.8) is 0 Å². The maximum absolute atomic E-state index is 13.1. The number of hydrogen-bond acceptors (Lipinski definition) is 5. The molecule has 5 N–H and O–H groups in total. The molecule has 8 nitrogen and oxygen atoms in total. The number of amides is 2. The van der Waals surface area contributed by atoms with Gasteiger partial charge >= 0.3 is 0 Å². The molecule has 0 spiro atoms. The number of anilines is 1. The lowest BCUT2D eigenvalue weighted by molar-refractivity contribution is 0.0729. The van der Waals surface area contributed by atoms with Gasteiger partial charge < -0.3 is 16.4 Å². The number of H-pyrrole nitrogens is 1. The van der Waals surface area contributed by atoms with Crippen molar-refractivity contribution in [2.75, 3.05) is 5.73 Å². The Kier molecular flexibility index (Phi) is 5.39. The largest absolute Gasteiger partial charge is 0.384 e. The van der Waals surface area contributed by atoms with E-state index in [1.165, 1.54) is 6.20 Å². The molecule has 3 aromatic rings. The van der Waals surface area contributed by atoms with Crippen LogP contribution < -0.4 is 11.5 Å². The monoisotopic (exact) mass is 378 g/mol. The fourth-order valence-electron chi connectivity index (χ4n) is 3.11. The Morgan fingerprint density at radius 3 is 2.57 bits per heavy atom. The van der Waals surface area contributed by atoms with Gasteiger partial charge in [0.25, 0.3) is 5.91 Å². The smallest absolute Gasteiger partial charge is 0.257 e. The molecular formula is C20H22N6O2. The van der Waals surface area contributed by atoms with E-state index in [0.29, 0.717) is 30.0 Å². The third-order valence-electron chi connectivity index (χ3n) is 4.54. The summed E-state index contributed by atoms with van der Waals surface area (Å²) in [7, 11) is 0. The highest BCUT2D eigenvalue weighted by Crippen LogP contribution is 2.20. The van der Waals surface area contributed by atoms with Gasteiger partial charge in [0.1, 0.15) is 5.82 Å². The molecule has 0 fully saturated rings. The molecule has 0 atom stereocenters. The van der Waals surface area contributed by atoms with Gasteiger partial charge in [0.05, 0.1) is 11.8 Å². The number of nitrogens with zero attached hydrogens (tertiary/aromatic N) is 3. The van der Waals surface area contributed by atoms with Gasteiger partial charge in [0.2, 0.25) is 5.91 Å². The molecule has 144 valence electrons. The number of primary amides is 1. The molecule has 0 saturated heterocycles. The second kappa shape index (κ2) is 7.91. The first-order chi connectivity index (χ1) is 13.3. The maximum atomic E-state index is 13.1. The van der Waals surface area contributed by atoms with Gasteiger partial charge in [0, 0.05) is 30.5 Å². The number of benzene rings is 1. The summed E-state index contributed by atoms with van der Waals surface area (Å²) >= 11 is 0. The summed E-state index contributed by atoms with van der Waals surface area (Å²) < 4.78 is 0. The topological polar surface area (TPSA) is 131 Å². The number of rotatable bonds is 6. The Labute approximate surface area is 162 Å². The molecule has 0 unspecified atom stereocenters. The van der Waals surface area contributed by atoms with Gasteiger partial charge in [-0.1, -0.05) is 12.1 Å². The third kappa shape index (κ3) is 4.17. The van der Waals surface area contributed by atoms with Crippen molar-refractivity contribution in [2.24, 2.45) is 5.73 Å². The van der Waals surface area contributed by atoms with Crippen LogP contribution in [-0.2, 0) is 13.1 Å². The molecule has 2 amide bonds. The zero-order valence-corrected chi connectivity index (χ0v) is 15.8. The van der Waals surface area contributed by atoms with E-state index in [0.717, 1.165) is 22.4 Å². The van der Waals surface area contributed by atoms with E-state index in [1.807, 2.05) is 19.9 Å². The van der Waals surface area contributed by atoms with Crippen molar-refractivity contribution in [3.8, 4) is 0 Å². The predicted octanol–water partition coefficient (Wildman–Crippen LogP) is 1.95. The summed E-state index contributed by atoms with van der Waals surface area (Å²) in [6.45, 7) is 4.45. The molecule has 0 aliphatic heterocycles. The number of aromatic nitrogens is 3. The lowest BCUT2D eigenvalue weighted by Crippen LogP contribution is -2.31. The van der Waals surface area contributed by atoms with Crippen LogP contribution >= 0.6 is 0 Å². The summed E-state index contributed by atoms with van der Waals surface area (Å²) in [5.41, 5.74) is 15.5. The maximum Gasteiger partial charge on any atom is 0.257 e. The van der Waals surface area contributed by atoms with E-state index in [-0.39, 0.29) is 5.91 Å². The standard InChI is InChI=1S/C20H22N6O2/c1-12-6-18(21)25-13(2)17(12)11-26(20(28)16-8-23-24-9-16)10-14-4-3-5-15(7-14)19(22)27/h3-9H,10-11H2,1-2H3,(H2,21,25)(H2,22,27)(H,23,24). The fourth-order valence-corrected chi connectivity index (χ4v) is 3.11. The number of nitrogens with one attached hydrogen (secondary N) is 1. The van der Waals surface area contributed by atoms with Crippen molar-refractivity contribution in [1.29, 1.82) is 0 Å². The lowest BCUT2D eigenvalue weighted by Gasteiger charge is -2.24. The first-order valence-electron chi connectivity index (χ1n) is 8.74. The van der Waals surface area contributed by atoms with Crippen LogP contribution in [0.2, 0.25) is 0 Å². The zero-order valence-electron chi connectivity index (χ0n) is 15.8. The molecule has 28 heavy (non-hydrogen) atoms. The van der Waals surface area contributed by atoms with Crippen molar-refractivity contribution < 1.29 is 9.59 Å². The molecule has 2 aromatic heterocycles. The highest BCUT2D eigenvalue weighted by Gasteiger charge is 2.20. The van der Waals surface area contributed by atoms with E-state index in [1.54, 1.807) is 35.4 Å². The Balaban J connectivity index is 1.95. The summed E-state index contributed by atoms with van der Waals surface area (Å²) in [5, 5.41) is 6.52. The van der Waals surface area contributed by atoms with Gasteiger partial charge in [-0.05, 0) is 48.7 Å². The van der Waals surface area contributed by atoms with Crippen LogP contribution in [0.15, 0.2) is 42.7 Å². The highest BCUT2D eigenvalue weighted by molar-refractivity contribution is 5.94. The fraction of sp³-hybridized carbons (Fsp3) is 0.200. The number of carbonyl (C=O) groups is 2. The van der Waals surface area contributed by atoms with Gasteiger partial charge in [-0.3, -0.25) is 14.7 Å². The van der Waals surface area contributed by atoms with Crippen molar-refractivity contribution in [3.05, 3.63) is 76.2 Å². The summed E-state index contributed by atoms with van der Waals surface area (Å²) in [4.78, 5) is 30.5. The number of nitrogens with two attached hydrogens (primary N) is 2. The highest BCUT2D eigenvalue weighted by atomic mass is 16.2. The lowest BCUT2D eigenvalue weighted by atomic mass is 10.1. The van der Waals surface area contributed by atoms with Gasteiger partial charge in [-0.25, -0.2) is 4.98 Å². The Morgan fingerprint density at radius 2 is 1.93 bits per heavy atom. The average Bonchev–Trinajstić information content (AvgIpc) is 3.18. The zero-order chi connectivity index (χ0) is 20.3. The van der Waals surface area contributed by atoms with Gasteiger partial charge in [-0.2, -0.15) is 5.10 Å². The molecular weight excluding hydrogens is 356 g/mol. The third-order valence-corrected chi connectivity index (χ3v) is 4.54. The van der Waals surface area contributed by atoms with Gasteiger partial charge in [0.15, 0.2) is 0 Å². The molecule has 0 saturated carbocycles. The van der Waals surface area contributed by atoms with Crippen molar-refractivity contribution in [2.45, 2.75) is 26.9 Å². The first kappa shape index (κ1) is 19.1. The van der Waals surface area contributed by atoms with Crippen LogP contribution in [0.5, 0.6) is 0 Å². The average molecular weight is 378 g/mol. The van der Waals surface area contributed by atoms with E-state index in [2.05, 4.69) is 15.2 Å². The summed E-state index contributed by atoms with van der Waals surface area (Å²) in [6.07, 6.45) is 3.03. The summed E-state index contributed by atoms with van der Waals surface area (Å²) in [6, 6.07) is 8.72. The van der Waals surface area contributed by atoms with Crippen molar-refractivity contribution >= 4 is 17.6 Å². The number of aryl methyl sites for hydroxylation is 2. The molecule has 3 rings (SSSR count). The first-order valence-corrected chi connectivity index (χ1v) is 8.74. The number of pyridine rings is 1. The Hall–Kier alpha value is -3.68. The van der Waals surface area contributed by atoms with E-state index in [9.17, 15) is 9.59 Å². The minimum Gasteiger partial charge on any atom is -0.384 e. The quantitative estimate of drug-likeness (QED) is 0.603. The number of aromatic amines is 1. The second-order valence-electron chi connectivity index (χ2n) is 6.64. The van der Waals surface area contributed by atoms with E-state index >= 15 is 0 Å². The van der Waals surface area contributed by atoms with Crippen LogP contribution in [-0.4, -0.2) is 31.9 Å². The molecule has 0 radical (unpaired) electrons. The number of hydrogen-bond donors (Lipinski definition) is 3. The van der Waals surface area contributed by atoms with E-state index in [4.69, 9.17) is 11.5 Å². The Bertz CT molecular complexity index is 990. The molecule has 0 bridgehead atoms. The van der Waals surface area contributed by atoms with Crippen LogP contribution in [0, 0.1) is 13.8 Å². The molecule has 8 heteroatoms. The van der Waals surface area contributed by atoms with Crippen LogP contribution in [0.4, 0.5) is 5.82 Å². The second-order valence-corrected chi connectivity index (χ2v) is 6.64. The predicted molar refractivity (Wildman–Crippen MR) is 105 cm³/mol. The van der Waals surface area contributed by atoms with Gasteiger partial charge in [-0.15, -0.1) is 0 Å². The molecule has 2 heterocycles. The van der Waals surface area contributed by atoms with Crippen LogP contribution in [0.1, 0.15) is 43.1 Å². The summed E-state index contributed by atoms with van der Waals surface area (Å²) in [5.74, 6) is -0.251.